The van der Waals surface area contributed by atoms with Crippen molar-refractivity contribution in [1.82, 2.24) is 4.90 Å². The van der Waals surface area contributed by atoms with Gasteiger partial charge in [-0.2, -0.15) is 0 Å². The minimum Gasteiger partial charge on any atom is -0.490 e. The molecule has 0 amide bonds. The summed E-state index contributed by atoms with van der Waals surface area (Å²) in [5, 5.41) is 2.50. The van der Waals surface area contributed by atoms with Crippen LogP contribution in [-0.4, -0.2) is 36.7 Å². The molecule has 1 saturated heterocycles. The van der Waals surface area contributed by atoms with Crippen molar-refractivity contribution in [2.45, 2.75) is 65.5 Å². The van der Waals surface area contributed by atoms with Crippen LogP contribution in [0, 0.1) is 17.8 Å². The molecule has 3 unspecified atom stereocenters. The van der Waals surface area contributed by atoms with Gasteiger partial charge in [-0.25, -0.2) is 0 Å². The Morgan fingerprint density at radius 2 is 1.71 bits per heavy atom. The standard InChI is InChI=1S/C27H37NO3/c1-4-30-27(29)22-11-13-28(14-12-22)18-21-6-7-24-17-26(10-8-23(24)16-21)31-25-9-5-19(2)20(3)15-25/h6-8,10,16-17,19-20,22,25H,4-5,9,11-15,18H2,1-3H3. The molecule has 2 aliphatic rings. The molecule has 0 aromatic heterocycles. The molecule has 1 aliphatic carbocycles. The van der Waals surface area contributed by atoms with Gasteiger partial charge in [-0.15, -0.1) is 0 Å². The van der Waals surface area contributed by atoms with Crippen LogP contribution >= 0.6 is 0 Å². The number of piperidine rings is 1. The quantitative estimate of drug-likeness (QED) is 0.549. The van der Waals surface area contributed by atoms with Gasteiger partial charge in [0.1, 0.15) is 5.75 Å². The highest BCUT2D eigenvalue weighted by Crippen LogP contribution is 2.33. The van der Waals surface area contributed by atoms with E-state index >= 15 is 0 Å². The predicted octanol–water partition coefficient (Wildman–Crippen LogP) is 5.82. The summed E-state index contributed by atoms with van der Waals surface area (Å²) in [7, 11) is 0. The maximum absolute atomic E-state index is 11.9. The molecule has 0 N–H and O–H groups in total. The molecule has 2 aromatic carbocycles. The van der Waals surface area contributed by atoms with Gasteiger partial charge in [-0.3, -0.25) is 9.69 Å². The Kier molecular flexibility index (Phi) is 7.16. The van der Waals surface area contributed by atoms with Crippen LogP contribution in [-0.2, 0) is 16.1 Å². The molecule has 0 radical (unpaired) electrons. The van der Waals surface area contributed by atoms with Crippen LogP contribution in [0.1, 0.15) is 58.4 Å². The highest BCUT2D eigenvalue weighted by atomic mass is 16.5. The van der Waals surface area contributed by atoms with Crippen LogP contribution in [0.15, 0.2) is 36.4 Å². The van der Waals surface area contributed by atoms with Crippen molar-refractivity contribution in [2.24, 2.45) is 17.8 Å². The number of rotatable bonds is 6. The number of carbonyl (C=O) groups excluding carboxylic acids is 1. The zero-order valence-electron chi connectivity index (χ0n) is 19.3. The molecule has 4 rings (SSSR count). The van der Waals surface area contributed by atoms with Gasteiger partial charge in [0, 0.05) is 6.54 Å². The van der Waals surface area contributed by atoms with E-state index in [1.54, 1.807) is 0 Å². The summed E-state index contributed by atoms with van der Waals surface area (Å²) in [4.78, 5) is 14.4. The first kappa shape index (κ1) is 22.1. The third-order valence-electron chi connectivity index (χ3n) is 7.34. The van der Waals surface area contributed by atoms with Gasteiger partial charge in [0.15, 0.2) is 0 Å². The number of hydrogen-bond acceptors (Lipinski definition) is 4. The topological polar surface area (TPSA) is 38.8 Å². The fourth-order valence-electron chi connectivity index (χ4n) is 5.09. The average Bonchev–Trinajstić information content (AvgIpc) is 2.77. The minimum absolute atomic E-state index is 0.0249. The molecule has 4 nitrogen and oxygen atoms in total. The van der Waals surface area contributed by atoms with E-state index in [0.717, 1.165) is 62.9 Å². The van der Waals surface area contributed by atoms with Crippen LogP contribution in [0.2, 0.25) is 0 Å². The first-order valence-corrected chi connectivity index (χ1v) is 12.1. The Labute approximate surface area is 186 Å². The Bertz CT molecular complexity index is 887. The second-order valence-corrected chi connectivity index (χ2v) is 9.65. The van der Waals surface area contributed by atoms with E-state index in [1.807, 2.05) is 6.92 Å². The molecule has 1 saturated carbocycles. The van der Waals surface area contributed by atoms with E-state index < -0.39 is 0 Å². The summed E-state index contributed by atoms with van der Waals surface area (Å²) < 4.78 is 11.5. The summed E-state index contributed by atoms with van der Waals surface area (Å²) in [6, 6.07) is 13.2. The second kappa shape index (κ2) is 10.0. The van der Waals surface area contributed by atoms with Crippen molar-refractivity contribution >= 4 is 16.7 Å². The molecule has 2 aromatic rings. The zero-order valence-corrected chi connectivity index (χ0v) is 19.3. The summed E-state index contributed by atoms with van der Waals surface area (Å²) in [5.74, 6) is 2.59. The predicted molar refractivity (Wildman–Crippen MR) is 125 cm³/mol. The molecule has 3 atom stereocenters. The van der Waals surface area contributed by atoms with Crippen molar-refractivity contribution < 1.29 is 14.3 Å². The average molecular weight is 424 g/mol. The van der Waals surface area contributed by atoms with Gasteiger partial charge in [0.05, 0.1) is 18.6 Å². The van der Waals surface area contributed by atoms with E-state index in [2.05, 4.69) is 55.1 Å². The second-order valence-electron chi connectivity index (χ2n) is 9.65. The van der Waals surface area contributed by atoms with Gasteiger partial charge in [-0.1, -0.05) is 32.0 Å². The lowest BCUT2D eigenvalue weighted by atomic mass is 9.80. The largest absolute Gasteiger partial charge is 0.490 e. The lowest BCUT2D eigenvalue weighted by molar-refractivity contribution is -0.149. The minimum atomic E-state index is -0.0249. The lowest BCUT2D eigenvalue weighted by Crippen LogP contribution is -2.36. The summed E-state index contributed by atoms with van der Waals surface area (Å²) >= 11 is 0. The highest BCUT2D eigenvalue weighted by Gasteiger charge is 2.27. The van der Waals surface area contributed by atoms with Crippen LogP contribution < -0.4 is 4.74 Å². The van der Waals surface area contributed by atoms with Crippen LogP contribution in [0.4, 0.5) is 0 Å². The number of fused-ring (bicyclic) bond motifs is 1. The molecule has 1 heterocycles. The number of esters is 1. The van der Waals surface area contributed by atoms with Crippen molar-refractivity contribution in [1.29, 1.82) is 0 Å². The monoisotopic (exact) mass is 423 g/mol. The third-order valence-corrected chi connectivity index (χ3v) is 7.34. The Balaban J connectivity index is 1.34. The molecule has 168 valence electrons. The van der Waals surface area contributed by atoms with Crippen molar-refractivity contribution in [3.05, 3.63) is 42.0 Å². The number of hydrogen-bond donors (Lipinski definition) is 0. The first-order valence-electron chi connectivity index (χ1n) is 12.1. The lowest BCUT2D eigenvalue weighted by Gasteiger charge is -2.32. The van der Waals surface area contributed by atoms with Crippen LogP contribution in [0.5, 0.6) is 5.75 Å². The van der Waals surface area contributed by atoms with Crippen molar-refractivity contribution in [2.75, 3.05) is 19.7 Å². The van der Waals surface area contributed by atoms with Gasteiger partial charge < -0.3 is 9.47 Å². The van der Waals surface area contributed by atoms with Crippen molar-refractivity contribution in [3.63, 3.8) is 0 Å². The SMILES string of the molecule is CCOC(=O)C1CCN(Cc2ccc3cc(OC4CCC(C)C(C)C4)ccc3c2)CC1. The molecule has 4 heteroatoms. The fraction of sp³-hybridized carbons (Fsp3) is 0.593. The number of carbonyl (C=O) groups is 1. The van der Waals surface area contributed by atoms with Crippen LogP contribution in [0.25, 0.3) is 10.8 Å². The Morgan fingerprint density at radius 1 is 0.968 bits per heavy atom. The summed E-state index contributed by atoms with van der Waals surface area (Å²) in [5.41, 5.74) is 1.32. The smallest absolute Gasteiger partial charge is 0.309 e. The van der Waals surface area contributed by atoms with Gasteiger partial charge in [0.2, 0.25) is 0 Å². The third kappa shape index (κ3) is 5.60. The Hall–Kier alpha value is -2.07. The van der Waals surface area contributed by atoms with E-state index in [1.165, 1.54) is 22.8 Å². The van der Waals surface area contributed by atoms with E-state index in [4.69, 9.17) is 9.47 Å². The van der Waals surface area contributed by atoms with Crippen molar-refractivity contribution in [3.8, 4) is 5.75 Å². The van der Waals surface area contributed by atoms with Gasteiger partial charge >= 0.3 is 5.97 Å². The maximum atomic E-state index is 11.9. The number of benzene rings is 2. The van der Waals surface area contributed by atoms with Gasteiger partial charge in [0.25, 0.3) is 0 Å². The number of likely N-dealkylation sites (tertiary alicyclic amines) is 1. The molecule has 0 spiro atoms. The zero-order chi connectivity index (χ0) is 21.8. The number of ether oxygens (including phenoxy) is 2. The van der Waals surface area contributed by atoms with E-state index in [-0.39, 0.29) is 11.9 Å². The Morgan fingerprint density at radius 3 is 2.45 bits per heavy atom. The molecular formula is C27H37NO3. The summed E-state index contributed by atoms with van der Waals surface area (Å²) in [6.45, 7) is 9.89. The van der Waals surface area contributed by atoms with Crippen LogP contribution in [0.3, 0.4) is 0 Å². The van der Waals surface area contributed by atoms with Gasteiger partial charge in [-0.05, 0) is 98.5 Å². The molecule has 0 bridgehead atoms. The van der Waals surface area contributed by atoms with E-state index in [9.17, 15) is 4.79 Å². The van der Waals surface area contributed by atoms with E-state index in [0.29, 0.717) is 12.7 Å². The molecule has 31 heavy (non-hydrogen) atoms. The number of nitrogens with zero attached hydrogens (tertiary/aromatic N) is 1. The molecule has 2 fully saturated rings. The normalized spacial score (nSPS) is 25.5. The summed E-state index contributed by atoms with van der Waals surface area (Å²) in [6.07, 6.45) is 5.72. The maximum Gasteiger partial charge on any atom is 0.309 e. The molecule has 1 aliphatic heterocycles. The first-order chi connectivity index (χ1) is 15.0. The fourth-order valence-corrected chi connectivity index (χ4v) is 5.09. The highest BCUT2D eigenvalue weighted by molar-refractivity contribution is 5.84. The molecular weight excluding hydrogens is 386 g/mol.